The number of esters is 1. The van der Waals surface area contributed by atoms with Crippen LogP contribution in [0.3, 0.4) is 0 Å². The van der Waals surface area contributed by atoms with Crippen LogP contribution in [0.1, 0.15) is 18.5 Å². The molecule has 100 valence electrons. The van der Waals surface area contributed by atoms with Crippen LogP contribution in [0.2, 0.25) is 0 Å². The van der Waals surface area contributed by atoms with Crippen LogP contribution in [0.4, 0.5) is 0 Å². The van der Waals surface area contributed by atoms with E-state index < -0.39 is 6.04 Å². The zero-order valence-electron chi connectivity index (χ0n) is 11.0. The first-order valence-electron chi connectivity index (χ1n) is 5.80. The predicted molar refractivity (Wildman–Crippen MR) is 69.4 cm³/mol. The Labute approximate surface area is 107 Å². The fourth-order valence-corrected chi connectivity index (χ4v) is 1.67. The van der Waals surface area contributed by atoms with Gasteiger partial charge in [-0.2, -0.15) is 0 Å². The second-order valence-corrected chi connectivity index (χ2v) is 3.97. The van der Waals surface area contributed by atoms with Crippen molar-refractivity contribution in [2.24, 2.45) is 5.73 Å². The van der Waals surface area contributed by atoms with Crippen molar-refractivity contribution in [3.05, 3.63) is 29.8 Å². The molecule has 0 aliphatic rings. The Morgan fingerprint density at radius 3 is 2.39 bits per heavy atom. The maximum atomic E-state index is 11.4. The summed E-state index contributed by atoms with van der Waals surface area (Å²) in [5.41, 5.74) is 6.59. The maximum Gasteiger partial charge on any atom is 0.324 e. The van der Waals surface area contributed by atoms with E-state index in [0.29, 0.717) is 0 Å². The third-order valence-corrected chi connectivity index (χ3v) is 2.79. The molecule has 0 amide bonds. The number of ether oxygens (including phenoxy) is 2. The van der Waals surface area contributed by atoms with Crippen LogP contribution in [-0.4, -0.2) is 32.8 Å². The number of nitrogens with two attached hydrogens (primary N) is 1. The highest BCUT2D eigenvalue weighted by molar-refractivity contribution is 5.75. The molecule has 1 rings (SSSR count). The van der Waals surface area contributed by atoms with Crippen molar-refractivity contribution in [1.82, 2.24) is 5.32 Å². The number of hydrogen-bond donors (Lipinski definition) is 2. The van der Waals surface area contributed by atoms with Crippen molar-refractivity contribution in [3.63, 3.8) is 0 Å². The van der Waals surface area contributed by atoms with Gasteiger partial charge in [-0.25, -0.2) is 0 Å². The van der Waals surface area contributed by atoms with Gasteiger partial charge in [-0.05, 0) is 24.6 Å². The summed E-state index contributed by atoms with van der Waals surface area (Å²) >= 11 is 0. The smallest absolute Gasteiger partial charge is 0.324 e. The molecule has 0 heterocycles. The molecule has 5 heteroatoms. The largest absolute Gasteiger partial charge is 0.497 e. The molecule has 0 fully saturated rings. The van der Waals surface area contributed by atoms with Crippen LogP contribution >= 0.6 is 0 Å². The first kappa shape index (κ1) is 14.5. The van der Waals surface area contributed by atoms with Crippen LogP contribution in [0.5, 0.6) is 5.75 Å². The molecule has 0 aromatic heterocycles. The van der Waals surface area contributed by atoms with Gasteiger partial charge in [0.2, 0.25) is 0 Å². The highest BCUT2D eigenvalue weighted by Crippen LogP contribution is 2.17. The zero-order valence-corrected chi connectivity index (χ0v) is 11.0. The minimum Gasteiger partial charge on any atom is -0.497 e. The Morgan fingerprint density at radius 2 is 1.94 bits per heavy atom. The summed E-state index contributed by atoms with van der Waals surface area (Å²) in [5, 5.41) is 3.13. The molecule has 1 aromatic rings. The Kier molecular flexibility index (Phi) is 5.61. The van der Waals surface area contributed by atoms with Crippen molar-refractivity contribution in [2.75, 3.05) is 20.8 Å². The molecule has 3 N–H and O–H groups in total. The van der Waals surface area contributed by atoms with Gasteiger partial charge in [-0.15, -0.1) is 0 Å². The number of carbonyl (C=O) groups is 1. The van der Waals surface area contributed by atoms with Gasteiger partial charge in [0.15, 0.2) is 0 Å². The van der Waals surface area contributed by atoms with E-state index in [1.807, 2.05) is 31.2 Å². The van der Waals surface area contributed by atoms with Gasteiger partial charge in [-0.1, -0.05) is 12.1 Å². The SMILES string of the molecule is COC(=O)C(CN)N[C@H](C)c1ccc(OC)cc1. The van der Waals surface area contributed by atoms with Crippen LogP contribution in [0, 0.1) is 0 Å². The maximum absolute atomic E-state index is 11.4. The highest BCUT2D eigenvalue weighted by Gasteiger charge is 2.19. The summed E-state index contributed by atoms with van der Waals surface area (Å²) in [7, 11) is 2.98. The lowest BCUT2D eigenvalue weighted by molar-refractivity contribution is -0.143. The third-order valence-electron chi connectivity index (χ3n) is 2.79. The lowest BCUT2D eigenvalue weighted by Gasteiger charge is -2.20. The standard InChI is InChI=1S/C13H20N2O3/c1-9(15-12(8-14)13(16)18-3)10-4-6-11(17-2)7-5-10/h4-7,9,12,15H,8,14H2,1-3H3/t9-,12?/m1/s1. The van der Waals surface area contributed by atoms with E-state index in [4.69, 9.17) is 10.5 Å². The highest BCUT2D eigenvalue weighted by atomic mass is 16.5. The van der Waals surface area contributed by atoms with Crippen molar-refractivity contribution >= 4 is 5.97 Å². The van der Waals surface area contributed by atoms with Gasteiger partial charge in [0.25, 0.3) is 0 Å². The van der Waals surface area contributed by atoms with Gasteiger partial charge < -0.3 is 15.2 Å². The van der Waals surface area contributed by atoms with Crippen molar-refractivity contribution in [2.45, 2.75) is 19.0 Å². The van der Waals surface area contributed by atoms with E-state index in [9.17, 15) is 4.79 Å². The van der Waals surface area contributed by atoms with Crippen LogP contribution in [-0.2, 0) is 9.53 Å². The number of methoxy groups -OCH3 is 2. The molecule has 1 aromatic carbocycles. The number of rotatable bonds is 6. The zero-order chi connectivity index (χ0) is 13.5. The lowest BCUT2D eigenvalue weighted by Crippen LogP contribution is -2.44. The molecular formula is C13H20N2O3. The third kappa shape index (κ3) is 3.72. The monoisotopic (exact) mass is 252 g/mol. The summed E-state index contributed by atoms with van der Waals surface area (Å²) in [4.78, 5) is 11.4. The lowest BCUT2D eigenvalue weighted by atomic mass is 10.1. The molecule has 2 atom stereocenters. The molecule has 18 heavy (non-hydrogen) atoms. The van der Waals surface area contributed by atoms with E-state index in [1.54, 1.807) is 7.11 Å². The molecular weight excluding hydrogens is 232 g/mol. The van der Waals surface area contributed by atoms with E-state index >= 15 is 0 Å². The molecule has 0 radical (unpaired) electrons. The van der Waals surface area contributed by atoms with Crippen molar-refractivity contribution < 1.29 is 14.3 Å². The fourth-order valence-electron chi connectivity index (χ4n) is 1.67. The molecule has 5 nitrogen and oxygen atoms in total. The Morgan fingerprint density at radius 1 is 1.33 bits per heavy atom. The molecule has 0 spiro atoms. The van der Waals surface area contributed by atoms with E-state index in [-0.39, 0.29) is 18.6 Å². The topological polar surface area (TPSA) is 73.6 Å². The predicted octanol–water partition coefficient (Wildman–Crippen LogP) is 0.846. The first-order chi connectivity index (χ1) is 8.62. The number of nitrogens with one attached hydrogen (secondary N) is 1. The van der Waals surface area contributed by atoms with Gasteiger partial charge in [0, 0.05) is 12.6 Å². The van der Waals surface area contributed by atoms with E-state index in [1.165, 1.54) is 7.11 Å². The van der Waals surface area contributed by atoms with Gasteiger partial charge in [-0.3, -0.25) is 10.1 Å². The Hall–Kier alpha value is -1.59. The van der Waals surface area contributed by atoms with Gasteiger partial charge in [0.1, 0.15) is 11.8 Å². The van der Waals surface area contributed by atoms with E-state index in [2.05, 4.69) is 10.1 Å². The normalized spacial score (nSPS) is 13.8. The van der Waals surface area contributed by atoms with E-state index in [0.717, 1.165) is 11.3 Å². The molecule has 0 saturated carbocycles. The summed E-state index contributed by atoms with van der Waals surface area (Å²) < 4.78 is 9.77. The van der Waals surface area contributed by atoms with Crippen LogP contribution < -0.4 is 15.8 Å². The second kappa shape index (κ2) is 6.98. The number of benzene rings is 1. The second-order valence-electron chi connectivity index (χ2n) is 3.97. The summed E-state index contributed by atoms with van der Waals surface area (Å²) in [6.45, 7) is 2.17. The molecule has 1 unspecified atom stereocenters. The summed E-state index contributed by atoms with van der Waals surface area (Å²) in [6.07, 6.45) is 0. The average Bonchev–Trinajstić information content (AvgIpc) is 2.43. The Bertz CT molecular complexity index is 378. The summed E-state index contributed by atoms with van der Waals surface area (Å²) in [6, 6.07) is 7.16. The molecule has 0 saturated heterocycles. The summed E-state index contributed by atoms with van der Waals surface area (Å²) in [5.74, 6) is 0.451. The minimum absolute atomic E-state index is 0.00329. The van der Waals surface area contributed by atoms with Gasteiger partial charge in [0.05, 0.1) is 14.2 Å². The molecule has 0 aliphatic carbocycles. The Balaban J connectivity index is 2.68. The molecule has 0 bridgehead atoms. The van der Waals surface area contributed by atoms with Crippen molar-refractivity contribution in [1.29, 1.82) is 0 Å². The number of hydrogen-bond acceptors (Lipinski definition) is 5. The number of carbonyl (C=O) groups excluding carboxylic acids is 1. The minimum atomic E-state index is -0.493. The molecule has 0 aliphatic heterocycles. The quantitative estimate of drug-likeness (QED) is 0.734. The average molecular weight is 252 g/mol. The first-order valence-corrected chi connectivity index (χ1v) is 5.80. The fraction of sp³-hybridized carbons (Fsp3) is 0.462. The van der Waals surface area contributed by atoms with Crippen LogP contribution in [0.25, 0.3) is 0 Å². The van der Waals surface area contributed by atoms with Crippen LogP contribution in [0.15, 0.2) is 24.3 Å². The van der Waals surface area contributed by atoms with Gasteiger partial charge >= 0.3 is 5.97 Å². The van der Waals surface area contributed by atoms with Crippen molar-refractivity contribution in [3.8, 4) is 5.75 Å².